The van der Waals surface area contributed by atoms with E-state index in [-0.39, 0.29) is 17.5 Å². The van der Waals surface area contributed by atoms with Crippen molar-refractivity contribution in [1.29, 1.82) is 5.26 Å². The molecule has 20 heavy (non-hydrogen) atoms. The van der Waals surface area contributed by atoms with E-state index in [0.717, 1.165) is 33.8 Å². The average Bonchev–Trinajstić information content (AvgIpc) is 3.16. The summed E-state index contributed by atoms with van der Waals surface area (Å²) in [6.07, 6.45) is 5.44. The molecule has 100 valence electrons. The molecule has 1 amide bonds. The van der Waals surface area contributed by atoms with Crippen LogP contribution in [0.25, 0.3) is 17.0 Å². The zero-order valence-corrected chi connectivity index (χ0v) is 12.2. The maximum Gasteiger partial charge on any atom is 0.262 e. The molecule has 1 heterocycles. The van der Waals surface area contributed by atoms with Crippen molar-refractivity contribution in [2.45, 2.75) is 18.9 Å². The molecular formula is C15H12BrN3O. The molecule has 1 aromatic heterocycles. The molecule has 3 rings (SSSR count). The molecule has 1 fully saturated rings. The Morgan fingerprint density at radius 2 is 2.30 bits per heavy atom. The van der Waals surface area contributed by atoms with Gasteiger partial charge in [-0.1, -0.05) is 15.9 Å². The van der Waals surface area contributed by atoms with E-state index in [1.807, 2.05) is 24.3 Å². The number of amides is 1. The molecule has 0 unspecified atom stereocenters. The van der Waals surface area contributed by atoms with Gasteiger partial charge in [-0.3, -0.25) is 4.79 Å². The van der Waals surface area contributed by atoms with Crippen molar-refractivity contribution in [1.82, 2.24) is 10.3 Å². The van der Waals surface area contributed by atoms with Crippen LogP contribution in [0.5, 0.6) is 0 Å². The SMILES string of the molecule is N#C/C(=C\c1c[nH]c2ccc(Br)cc12)C(=O)NC1CC1. The molecule has 0 aliphatic heterocycles. The zero-order chi connectivity index (χ0) is 14.1. The van der Waals surface area contributed by atoms with E-state index in [1.165, 1.54) is 0 Å². The van der Waals surface area contributed by atoms with Crippen molar-refractivity contribution in [3.05, 3.63) is 40.0 Å². The van der Waals surface area contributed by atoms with Gasteiger partial charge in [-0.25, -0.2) is 0 Å². The quantitative estimate of drug-likeness (QED) is 0.671. The number of nitrogens with zero attached hydrogens (tertiary/aromatic N) is 1. The van der Waals surface area contributed by atoms with Crippen molar-refractivity contribution in [2.75, 3.05) is 0 Å². The lowest BCUT2D eigenvalue weighted by atomic mass is 10.1. The third kappa shape index (κ3) is 2.61. The minimum absolute atomic E-state index is 0.137. The predicted octanol–water partition coefficient (Wildman–Crippen LogP) is 3.12. The zero-order valence-electron chi connectivity index (χ0n) is 10.6. The van der Waals surface area contributed by atoms with Crippen molar-refractivity contribution in [2.24, 2.45) is 0 Å². The van der Waals surface area contributed by atoms with E-state index in [9.17, 15) is 4.79 Å². The van der Waals surface area contributed by atoms with Gasteiger partial charge in [-0.2, -0.15) is 5.26 Å². The fraction of sp³-hybridized carbons (Fsp3) is 0.200. The van der Waals surface area contributed by atoms with Crippen LogP contribution in [0.1, 0.15) is 18.4 Å². The molecule has 0 saturated heterocycles. The Balaban J connectivity index is 1.96. The van der Waals surface area contributed by atoms with Crippen molar-refractivity contribution in [3.63, 3.8) is 0 Å². The molecule has 1 aliphatic rings. The third-order valence-electron chi connectivity index (χ3n) is 3.25. The molecule has 1 saturated carbocycles. The standard InChI is InChI=1S/C15H12BrN3O/c16-11-1-4-14-13(6-11)10(8-18-14)5-9(7-17)15(20)19-12-2-3-12/h1,4-6,8,12,18H,2-3H2,(H,19,20)/b9-5+. The highest BCUT2D eigenvalue weighted by atomic mass is 79.9. The molecule has 4 nitrogen and oxygen atoms in total. The van der Waals surface area contributed by atoms with E-state index in [4.69, 9.17) is 5.26 Å². The Morgan fingerprint density at radius 3 is 3.00 bits per heavy atom. The molecule has 2 aromatic rings. The number of halogens is 1. The molecule has 0 atom stereocenters. The number of aromatic amines is 1. The van der Waals surface area contributed by atoms with E-state index < -0.39 is 0 Å². The minimum Gasteiger partial charge on any atom is -0.361 e. The number of aromatic nitrogens is 1. The van der Waals surface area contributed by atoms with Gasteiger partial charge >= 0.3 is 0 Å². The van der Waals surface area contributed by atoms with Crippen LogP contribution >= 0.6 is 15.9 Å². The van der Waals surface area contributed by atoms with Crippen LogP contribution in [0, 0.1) is 11.3 Å². The number of rotatable bonds is 3. The number of carbonyl (C=O) groups is 1. The van der Waals surface area contributed by atoms with Crippen LogP contribution in [-0.4, -0.2) is 16.9 Å². The Bertz CT molecular complexity index is 750. The highest BCUT2D eigenvalue weighted by Crippen LogP contribution is 2.25. The number of nitriles is 1. The van der Waals surface area contributed by atoms with Crippen molar-refractivity contribution < 1.29 is 4.79 Å². The average molecular weight is 330 g/mol. The second kappa shape index (κ2) is 5.14. The summed E-state index contributed by atoms with van der Waals surface area (Å²) in [6.45, 7) is 0. The lowest BCUT2D eigenvalue weighted by molar-refractivity contribution is -0.117. The molecule has 0 radical (unpaired) electrons. The van der Waals surface area contributed by atoms with E-state index in [2.05, 4.69) is 26.2 Å². The molecule has 1 aromatic carbocycles. The Hall–Kier alpha value is -2.06. The van der Waals surface area contributed by atoms with Gasteiger partial charge in [0.05, 0.1) is 0 Å². The number of H-pyrrole nitrogens is 1. The summed E-state index contributed by atoms with van der Waals surface area (Å²) < 4.78 is 0.959. The lowest BCUT2D eigenvalue weighted by Crippen LogP contribution is -2.26. The first kappa shape index (κ1) is 12.9. The minimum atomic E-state index is -0.292. The monoisotopic (exact) mass is 329 g/mol. The summed E-state index contributed by atoms with van der Waals surface area (Å²) in [5.41, 5.74) is 1.95. The van der Waals surface area contributed by atoms with E-state index >= 15 is 0 Å². The Labute approximate surface area is 124 Å². The molecule has 5 heteroatoms. The summed E-state index contributed by atoms with van der Waals surface area (Å²) in [4.78, 5) is 15.1. The number of carbonyl (C=O) groups excluding carboxylic acids is 1. The van der Waals surface area contributed by atoms with Gasteiger partial charge in [-0.05, 0) is 37.1 Å². The van der Waals surface area contributed by atoms with Crippen LogP contribution in [0.4, 0.5) is 0 Å². The predicted molar refractivity (Wildman–Crippen MR) is 80.8 cm³/mol. The summed E-state index contributed by atoms with van der Waals surface area (Å²) in [5.74, 6) is -0.292. The van der Waals surface area contributed by atoms with Gasteiger partial charge in [0.25, 0.3) is 5.91 Å². The summed E-state index contributed by atoms with van der Waals surface area (Å²) in [5, 5.41) is 13.0. The summed E-state index contributed by atoms with van der Waals surface area (Å²) in [7, 11) is 0. The number of hydrogen-bond donors (Lipinski definition) is 2. The first-order valence-corrected chi connectivity index (χ1v) is 7.16. The van der Waals surface area contributed by atoms with Gasteiger partial charge in [-0.15, -0.1) is 0 Å². The molecule has 0 bridgehead atoms. The highest BCUT2D eigenvalue weighted by molar-refractivity contribution is 9.10. The Kier molecular flexibility index (Phi) is 3.33. The molecule has 2 N–H and O–H groups in total. The number of hydrogen-bond acceptors (Lipinski definition) is 2. The van der Waals surface area contributed by atoms with Crippen LogP contribution in [-0.2, 0) is 4.79 Å². The van der Waals surface area contributed by atoms with Crippen LogP contribution in [0.2, 0.25) is 0 Å². The van der Waals surface area contributed by atoms with Crippen LogP contribution in [0.15, 0.2) is 34.4 Å². The maximum atomic E-state index is 11.9. The normalized spacial score (nSPS) is 15.1. The van der Waals surface area contributed by atoms with Crippen LogP contribution < -0.4 is 5.32 Å². The van der Waals surface area contributed by atoms with Gasteiger partial charge in [0.15, 0.2) is 0 Å². The first-order chi connectivity index (χ1) is 9.67. The second-order valence-electron chi connectivity index (χ2n) is 4.85. The van der Waals surface area contributed by atoms with Gasteiger partial charge in [0.1, 0.15) is 11.6 Å². The fourth-order valence-electron chi connectivity index (χ4n) is 2.03. The van der Waals surface area contributed by atoms with Crippen LogP contribution in [0.3, 0.4) is 0 Å². The fourth-order valence-corrected chi connectivity index (χ4v) is 2.39. The van der Waals surface area contributed by atoms with Gasteiger partial charge in [0.2, 0.25) is 0 Å². The molecule has 0 spiro atoms. The van der Waals surface area contributed by atoms with Gasteiger partial charge in [0, 0.05) is 33.2 Å². The Morgan fingerprint density at radius 1 is 1.50 bits per heavy atom. The summed E-state index contributed by atoms with van der Waals surface area (Å²) >= 11 is 3.43. The molecule has 1 aliphatic carbocycles. The largest absolute Gasteiger partial charge is 0.361 e. The van der Waals surface area contributed by atoms with E-state index in [1.54, 1.807) is 12.3 Å². The van der Waals surface area contributed by atoms with Crippen molar-refractivity contribution >= 4 is 38.8 Å². The number of benzene rings is 1. The van der Waals surface area contributed by atoms with Crippen molar-refractivity contribution in [3.8, 4) is 6.07 Å². The van der Waals surface area contributed by atoms with Gasteiger partial charge < -0.3 is 10.3 Å². The molecular weight excluding hydrogens is 318 g/mol. The second-order valence-corrected chi connectivity index (χ2v) is 5.77. The maximum absolute atomic E-state index is 11.9. The topological polar surface area (TPSA) is 68.7 Å². The lowest BCUT2D eigenvalue weighted by Gasteiger charge is -2.01. The third-order valence-corrected chi connectivity index (χ3v) is 3.75. The highest BCUT2D eigenvalue weighted by Gasteiger charge is 2.24. The van der Waals surface area contributed by atoms with E-state index in [0.29, 0.717) is 0 Å². The number of fused-ring (bicyclic) bond motifs is 1. The summed E-state index contributed by atoms with van der Waals surface area (Å²) in [6, 6.07) is 8.08. The number of nitrogens with one attached hydrogen (secondary N) is 2. The first-order valence-electron chi connectivity index (χ1n) is 6.36. The smallest absolute Gasteiger partial charge is 0.262 e.